The molecule has 0 unspecified atom stereocenters. The molecule has 0 saturated carbocycles. The Bertz CT molecular complexity index is 706. The van der Waals surface area contributed by atoms with E-state index in [4.69, 9.17) is 11.6 Å². The SMILES string of the molecule is O=Cc1cn(-c2c(Cl)ccc3nsnc23)nn1. The molecule has 2 aromatic heterocycles. The van der Waals surface area contributed by atoms with Crippen LogP contribution in [0.5, 0.6) is 0 Å². The lowest BCUT2D eigenvalue weighted by Gasteiger charge is -2.02. The van der Waals surface area contributed by atoms with Crippen molar-refractivity contribution in [1.82, 2.24) is 23.7 Å². The van der Waals surface area contributed by atoms with E-state index >= 15 is 0 Å². The molecule has 2 heterocycles. The topological polar surface area (TPSA) is 73.6 Å². The van der Waals surface area contributed by atoms with Crippen LogP contribution >= 0.6 is 23.3 Å². The smallest absolute Gasteiger partial charge is 0.171 e. The molecule has 84 valence electrons. The number of aldehydes is 1. The average Bonchev–Trinajstić information content (AvgIpc) is 2.96. The van der Waals surface area contributed by atoms with Crippen LogP contribution in [0.15, 0.2) is 18.3 Å². The van der Waals surface area contributed by atoms with Crippen molar-refractivity contribution in [3.8, 4) is 5.69 Å². The Balaban J connectivity index is 2.31. The van der Waals surface area contributed by atoms with Gasteiger partial charge in [0.2, 0.25) is 0 Å². The lowest BCUT2D eigenvalue weighted by Crippen LogP contribution is -1.97. The minimum absolute atomic E-state index is 0.237. The summed E-state index contributed by atoms with van der Waals surface area (Å²) in [4.78, 5) is 10.6. The number of nitrogens with zero attached hydrogens (tertiary/aromatic N) is 5. The van der Waals surface area contributed by atoms with E-state index in [1.54, 1.807) is 12.1 Å². The fraction of sp³-hybridized carbons (Fsp3) is 0. The van der Waals surface area contributed by atoms with E-state index in [0.29, 0.717) is 22.5 Å². The van der Waals surface area contributed by atoms with Gasteiger partial charge in [0.15, 0.2) is 6.29 Å². The van der Waals surface area contributed by atoms with Gasteiger partial charge >= 0.3 is 0 Å². The van der Waals surface area contributed by atoms with E-state index in [1.807, 2.05) is 0 Å². The van der Waals surface area contributed by atoms with E-state index < -0.39 is 0 Å². The fourth-order valence-electron chi connectivity index (χ4n) is 1.47. The second-order valence-electron chi connectivity index (χ2n) is 3.23. The fourth-order valence-corrected chi connectivity index (χ4v) is 2.25. The van der Waals surface area contributed by atoms with Gasteiger partial charge in [-0.15, -0.1) is 5.10 Å². The summed E-state index contributed by atoms with van der Waals surface area (Å²) in [6, 6.07) is 3.49. The summed E-state index contributed by atoms with van der Waals surface area (Å²) in [7, 11) is 0. The van der Waals surface area contributed by atoms with Crippen LogP contribution in [-0.4, -0.2) is 30.0 Å². The van der Waals surface area contributed by atoms with Crippen molar-refractivity contribution in [3.63, 3.8) is 0 Å². The Kier molecular flexibility index (Phi) is 2.34. The predicted octanol–water partition coefficient (Wildman–Crippen LogP) is 1.74. The van der Waals surface area contributed by atoms with Crippen molar-refractivity contribution in [2.45, 2.75) is 0 Å². The monoisotopic (exact) mass is 265 g/mol. The minimum atomic E-state index is 0.237. The van der Waals surface area contributed by atoms with E-state index in [2.05, 4.69) is 19.1 Å². The molecule has 6 nitrogen and oxygen atoms in total. The van der Waals surface area contributed by atoms with Gasteiger partial charge in [-0.25, -0.2) is 4.68 Å². The molecule has 0 bridgehead atoms. The molecule has 0 aliphatic carbocycles. The summed E-state index contributed by atoms with van der Waals surface area (Å²) in [6.07, 6.45) is 2.11. The van der Waals surface area contributed by atoms with Crippen molar-refractivity contribution in [1.29, 1.82) is 0 Å². The number of hydrogen-bond donors (Lipinski definition) is 0. The second kappa shape index (κ2) is 3.86. The van der Waals surface area contributed by atoms with E-state index in [-0.39, 0.29) is 5.69 Å². The number of benzene rings is 1. The van der Waals surface area contributed by atoms with Gasteiger partial charge in [0, 0.05) is 0 Å². The maximum atomic E-state index is 10.6. The van der Waals surface area contributed by atoms with Crippen LogP contribution in [0.3, 0.4) is 0 Å². The Morgan fingerprint density at radius 3 is 3.00 bits per heavy atom. The van der Waals surface area contributed by atoms with Crippen molar-refractivity contribution in [2.75, 3.05) is 0 Å². The predicted molar refractivity (Wildman–Crippen MR) is 62.7 cm³/mol. The molecule has 0 atom stereocenters. The van der Waals surface area contributed by atoms with E-state index in [9.17, 15) is 4.79 Å². The molecule has 0 spiro atoms. The highest BCUT2D eigenvalue weighted by molar-refractivity contribution is 7.00. The van der Waals surface area contributed by atoms with Gasteiger partial charge < -0.3 is 0 Å². The lowest BCUT2D eigenvalue weighted by molar-refractivity contribution is 0.111. The third-order valence-corrected chi connectivity index (χ3v) is 3.06. The lowest BCUT2D eigenvalue weighted by atomic mass is 10.2. The van der Waals surface area contributed by atoms with Gasteiger partial charge in [0.05, 0.1) is 22.9 Å². The highest BCUT2D eigenvalue weighted by atomic mass is 35.5. The molecular weight excluding hydrogens is 262 g/mol. The number of carbonyl (C=O) groups excluding carboxylic acids is 1. The van der Waals surface area contributed by atoms with Crippen LogP contribution < -0.4 is 0 Å². The van der Waals surface area contributed by atoms with Crippen LogP contribution in [0.25, 0.3) is 16.7 Å². The number of halogens is 1. The molecule has 0 aliphatic heterocycles. The molecule has 1 aromatic carbocycles. The average molecular weight is 266 g/mol. The molecule has 0 aliphatic rings. The molecule has 8 heteroatoms. The van der Waals surface area contributed by atoms with Crippen molar-refractivity contribution < 1.29 is 4.79 Å². The number of rotatable bonds is 2. The van der Waals surface area contributed by atoms with Crippen molar-refractivity contribution in [2.24, 2.45) is 0 Å². The molecule has 0 fully saturated rings. The normalized spacial score (nSPS) is 10.9. The first-order valence-electron chi connectivity index (χ1n) is 4.58. The summed E-state index contributed by atoms with van der Waals surface area (Å²) in [5, 5.41) is 8.00. The van der Waals surface area contributed by atoms with Gasteiger partial charge in [-0.2, -0.15) is 8.75 Å². The third-order valence-electron chi connectivity index (χ3n) is 2.21. The van der Waals surface area contributed by atoms with Gasteiger partial charge in [-0.1, -0.05) is 16.8 Å². The summed E-state index contributed by atoms with van der Waals surface area (Å²) < 4.78 is 9.70. The second-order valence-corrected chi connectivity index (χ2v) is 4.17. The first-order chi connectivity index (χ1) is 8.29. The number of carbonyl (C=O) groups is 1. The van der Waals surface area contributed by atoms with Crippen molar-refractivity contribution in [3.05, 3.63) is 29.0 Å². The van der Waals surface area contributed by atoms with Crippen LogP contribution in [0.2, 0.25) is 5.02 Å². The minimum Gasteiger partial charge on any atom is -0.296 e. The number of aromatic nitrogens is 5. The zero-order valence-electron chi connectivity index (χ0n) is 8.24. The number of hydrogen-bond acceptors (Lipinski definition) is 6. The van der Waals surface area contributed by atoms with Gasteiger partial charge in [0.1, 0.15) is 22.4 Å². The maximum absolute atomic E-state index is 10.6. The quantitative estimate of drug-likeness (QED) is 0.660. The molecule has 0 saturated heterocycles. The molecule has 3 aromatic rings. The molecule has 3 rings (SSSR count). The van der Waals surface area contributed by atoms with Gasteiger partial charge in [0.25, 0.3) is 0 Å². The summed E-state index contributed by atoms with van der Waals surface area (Å²) in [5.74, 6) is 0. The summed E-state index contributed by atoms with van der Waals surface area (Å²) in [5.41, 5.74) is 2.20. The third kappa shape index (κ3) is 1.60. The first-order valence-corrected chi connectivity index (χ1v) is 5.69. The van der Waals surface area contributed by atoms with Gasteiger partial charge in [-0.3, -0.25) is 4.79 Å². The molecule has 0 radical (unpaired) electrons. The maximum Gasteiger partial charge on any atom is 0.171 e. The standard InChI is InChI=1S/C9H4ClN5OS/c10-6-1-2-7-8(13-17-12-7)9(6)15-3-5(4-16)11-14-15/h1-4H. The molecular formula is C9H4ClN5OS. The van der Waals surface area contributed by atoms with Crippen LogP contribution in [0.1, 0.15) is 10.5 Å². The van der Waals surface area contributed by atoms with Gasteiger partial charge in [-0.05, 0) is 12.1 Å². The summed E-state index contributed by atoms with van der Waals surface area (Å²) >= 11 is 7.20. The number of fused-ring (bicyclic) bond motifs is 1. The van der Waals surface area contributed by atoms with E-state index in [0.717, 1.165) is 17.2 Å². The van der Waals surface area contributed by atoms with Crippen LogP contribution in [0, 0.1) is 0 Å². The zero-order valence-corrected chi connectivity index (χ0v) is 9.81. The van der Waals surface area contributed by atoms with Crippen molar-refractivity contribution >= 4 is 40.6 Å². The Morgan fingerprint density at radius 2 is 2.24 bits per heavy atom. The van der Waals surface area contributed by atoms with E-state index in [1.165, 1.54) is 10.9 Å². The Hall–Kier alpha value is -1.86. The van der Waals surface area contributed by atoms with Crippen LogP contribution in [-0.2, 0) is 0 Å². The first kappa shape index (κ1) is 10.3. The zero-order chi connectivity index (χ0) is 11.8. The molecule has 0 amide bonds. The molecule has 17 heavy (non-hydrogen) atoms. The Labute approximate surface area is 104 Å². The summed E-state index contributed by atoms with van der Waals surface area (Å²) in [6.45, 7) is 0. The van der Waals surface area contributed by atoms with Crippen LogP contribution in [0.4, 0.5) is 0 Å². The molecule has 0 N–H and O–H groups in total. The largest absolute Gasteiger partial charge is 0.296 e. The highest BCUT2D eigenvalue weighted by Gasteiger charge is 2.13. The Morgan fingerprint density at radius 1 is 1.35 bits per heavy atom. The highest BCUT2D eigenvalue weighted by Crippen LogP contribution is 2.27.